The molecule has 0 radical (unpaired) electrons. The molecule has 11 atom stereocenters. The zero-order chi connectivity index (χ0) is 49.7. The highest BCUT2D eigenvalue weighted by Crippen LogP contribution is 2.44. The van der Waals surface area contributed by atoms with Crippen molar-refractivity contribution in [2.24, 2.45) is 0 Å². The molecule has 12 nitrogen and oxygen atoms in total. The molecule has 0 saturated carbocycles. The Morgan fingerprint density at radius 1 is 0.459 bits per heavy atom. The number of benzene rings is 7. The molecule has 0 unspecified atom stereocenters. The molecule has 1 aromatic heterocycles. The molecule has 0 N–H and O–H groups in total. The Balaban J connectivity index is 0.996. The monoisotopic (exact) mass is 1010 g/mol. The van der Waals surface area contributed by atoms with Crippen LogP contribution in [0.5, 0.6) is 0 Å². The highest BCUT2D eigenvalue weighted by Gasteiger charge is 2.56. The summed E-state index contributed by atoms with van der Waals surface area (Å²) in [7, 11) is 0. The van der Waals surface area contributed by atoms with Crippen LogP contribution in [0.15, 0.2) is 216 Å². The smallest absolute Gasteiger partial charge is 0.259 e. The summed E-state index contributed by atoms with van der Waals surface area (Å²) in [6.07, 6.45) is -7.81. The average molecular weight is 1010 g/mol. The first-order valence-corrected chi connectivity index (χ1v) is 26.1. The van der Waals surface area contributed by atoms with E-state index >= 15 is 0 Å². The van der Waals surface area contributed by atoms with E-state index in [1.165, 1.54) is 11.8 Å². The number of oxazole rings is 1. The molecule has 7 aromatic carbocycles. The van der Waals surface area contributed by atoms with Crippen LogP contribution in [0.2, 0.25) is 0 Å². The van der Waals surface area contributed by atoms with E-state index in [-0.39, 0.29) is 39.6 Å². The zero-order valence-corrected chi connectivity index (χ0v) is 41.6. The van der Waals surface area contributed by atoms with E-state index in [0.29, 0.717) is 17.4 Å². The van der Waals surface area contributed by atoms with Crippen molar-refractivity contribution >= 4 is 22.9 Å². The van der Waals surface area contributed by atoms with Crippen molar-refractivity contribution in [1.29, 1.82) is 0 Å². The van der Waals surface area contributed by atoms with Crippen LogP contribution in [-0.2, 0) is 80.4 Å². The number of ether oxygens (including phenoxy) is 10. The first kappa shape index (κ1) is 50.1. The Bertz CT molecular complexity index is 2870. The van der Waals surface area contributed by atoms with Crippen molar-refractivity contribution in [3.05, 3.63) is 240 Å². The van der Waals surface area contributed by atoms with E-state index in [2.05, 4.69) is 0 Å². The van der Waals surface area contributed by atoms with Crippen molar-refractivity contribution in [2.75, 3.05) is 13.2 Å². The Labute approximate surface area is 435 Å². The first-order valence-electron chi connectivity index (χ1n) is 25.2. The van der Waals surface area contributed by atoms with Crippen LogP contribution in [0.3, 0.4) is 0 Å². The van der Waals surface area contributed by atoms with Crippen LogP contribution >= 0.6 is 11.8 Å². The lowest BCUT2D eigenvalue weighted by atomic mass is 9.95. The third-order valence-electron chi connectivity index (χ3n) is 13.3. The maximum Gasteiger partial charge on any atom is 0.259 e. The number of aromatic nitrogens is 1. The fourth-order valence-electron chi connectivity index (χ4n) is 9.53. The Morgan fingerprint density at radius 2 is 0.946 bits per heavy atom. The SMILES string of the molecule is c1ccc(COC[C@H]2O[C@H](O[C@H]3[C@H]4O[C@@H](c5ccccc5)OC[C@H]4O[C@@H](Sc4nc5ccccc5o4)[C@@H]3OCc3ccccc3)[C@H](OCc3ccccc3)[C@@H](OCc3ccccc3)[C@H]2OCc2ccccc2)cc1. The molecular formula is C61H59NO11S. The first-order chi connectivity index (χ1) is 36.7. The second-order valence-corrected chi connectivity index (χ2v) is 19.5. The molecule has 0 amide bonds. The molecule has 13 heteroatoms. The minimum absolute atomic E-state index is 0.148. The minimum atomic E-state index is -1.09. The second-order valence-electron chi connectivity index (χ2n) is 18.5. The fraction of sp³-hybridized carbons (Fsp3) is 0.295. The maximum atomic E-state index is 7.61. The van der Waals surface area contributed by atoms with Crippen molar-refractivity contribution in [3.63, 3.8) is 0 Å². The molecule has 74 heavy (non-hydrogen) atoms. The lowest BCUT2D eigenvalue weighted by Crippen LogP contribution is -2.66. The van der Waals surface area contributed by atoms with Gasteiger partial charge in [0.2, 0.25) is 0 Å². The minimum Gasteiger partial charge on any atom is -0.431 e. The van der Waals surface area contributed by atoms with E-state index in [9.17, 15) is 0 Å². The Morgan fingerprint density at radius 3 is 1.51 bits per heavy atom. The van der Waals surface area contributed by atoms with E-state index in [1.54, 1.807) is 0 Å². The van der Waals surface area contributed by atoms with E-state index in [4.69, 9.17) is 56.8 Å². The molecule has 380 valence electrons. The average Bonchev–Trinajstić information content (AvgIpc) is 3.88. The van der Waals surface area contributed by atoms with Gasteiger partial charge in [0.1, 0.15) is 59.8 Å². The van der Waals surface area contributed by atoms with Crippen LogP contribution in [0.25, 0.3) is 11.1 Å². The van der Waals surface area contributed by atoms with Crippen molar-refractivity contribution < 1.29 is 51.8 Å². The molecular weight excluding hydrogens is 955 g/mol. The quantitative estimate of drug-likeness (QED) is 0.0680. The summed E-state index contributed by atoms with van der Waals surface area (Å²) in [5, 5.41) is 0.419. The molecule has 0 aliphatic carbocycles. The van der Waals surface area contributed by atoms with Gasteiger partial charge in [0.25, 0.3) is 5.22 Å². The standard InChI is InChI=1S/C61H59NO11S/c1-7-21-42(22-8-1)35-63-40-50-52(64-36-43-23-9-2-10-24-43)54(65-37-44-25-11-3-12-26-44)56(66-38-45-27-13-4-14-28-45)59(69-50)73-55-53-51(41-68-58(72-53)47-31-17-6-18-32-47)70-60(57(55)67-39-46-29-15-5-16-30-46)74-61-62-48-33-19-20-34-49(48)71-61/h1-34,50-60H,35-41H2/t50-,51-,52+,53+,54+,55+,56-,57-,58+,59-,60+/m1/s1. The normalized spacial score (nSPS) is 25.9. The van der Waals surface area contributed by atoms with Gasteiger partial charge in [0.15, 0.2) is 18.2 Å². The van der Waals surface area contributed by atoms with Gasteiger partial charge in [0, 0.05) is 5.56 Å². The lowest BCUT2D eigenvalue weighted by molar-refractivity contribution is -0.378. The van der Waals surface area contributed by atoms with Crippen molar-refractivity contribution in [3.8, 4) is 0 Å². The van der Waals surface area contributed by atoms with Crippen LogP contribution in [-0.4, -0.2) is 78.8 Å². The summed E-state index contributed by atoms with van der Waals surface area (Å²) in [5.74, 6) is 0. The van der Waals surface area contributed by atoms with Crippen LogP contribution < -0.4 is 0 Å². The number of thioether (sulfide) groups is 1. The summed E-state index contributed by atoms with van der Waals surface area (Å²) in [5.41, 5.74) is 6.47. The fourth-order valence-corrected chi connectivity index (χ4v) is 10.6. The highest BCUT2D eigenvalue weighted by molar-refractivity contribution is 7.99. The molecule has 3 aliphatic heterocycles. The summed E-state index contributed by atoms with van der Waals surface area (Å²) in [6.45, 7) is 1.72. The summed E-state index contributed by atoms with van der Waals surface area (Å²) in [6, 6.07) is 67.9. The molecule has 3 fully saturated rings. The van der Waals surface area contributed by atoms with Gasteiger partial charge >= 0.3 is 0 Å². The molecule has 11 rings (SSSR count). The third-order valence-corrected chi connectivity index (χ3v) is 14.3. The molecule has 3 aliphatic rings. The number of hydrogen-bond donors (Lipinski definition) is 0. The van der Waals surface area contributed by atoms with E-state index < -0.39 is 66.8 Å². The van der Waals surface area contributed by atoms with Gasteiger partial charge in [-0.05, 0) is 51.7 Å². The van der Waals surface area contributed by atoms with Gasteiger partial charge in [-0.3, -0.25) is 0 Å². The topological polar surface area (TPSA) is 118 Å². The number of para-hydroxylation sites is 2. The second kappa shape index (κ2) is 25.0. The van der Waals surface area contributed by atoms with Gasteiger partial charge in [-0.25, -0.2) is 4.98 Å². The van der Waals surface area contributed by atoms with Gasteiger partial charge < -0.3 is 51.8 Å². The Kier molecular flexibility index (Phi) is 16.9. The van der Waals surface area contributed by atoms with Gasteiger partial charge in [0.05, 0.1) is 46.2 Å². The summed E-state index contributed by atoms with van der Waals surface area (Å²) < 4.78 is 76.6. The van der Waals surface area contributed by atoms with E-state index in [1.807, 2.05) is 206 Å². The number of fused-ring (bicyclic) bond motifs is 2. The summed E-state index contributed by atoms with van der Waals surface area (Å²) in [4.78, 5) is 4.85. The van der Waals surface area contributed by atoms with E-state index in [0.717, 1.165) is 38.9 Å². The predicted molar refractivity (Wildman–Crippen MR) is 278 cm³/mol. The number of rotatable bonds is 21. The molecule has 0 bridgehead atoms. The number of nitrogens with zero attached hydrogens (tertiary/aromatic N) is 1. The Hall–Kier alpha value is -6.04. The van der Waals surface area contributed by atoms with Crippen LogP contribution in [0.4, 0.5) is 0 Å². The molecule has 4 heterocycles. The molecule has 3 saturated heterocycles. The largest absolute Gasteiger partial charge is 0.431 e. The zero-order valence-electron chi connectivity index (χ0n) is 40.8. The van der Waals surface area contributed by atoms with Gasteiger partial charge in [-0.15, -0.1) is 0 Å². The molecule has 0 spiro atoms. The summed E-state index contributed by atoms with van der Waals surface area (Å²) >= 11 is 1.33. The van der Waals surface area contributed by atoms with Crippen LogP contribution in [0, 0.1) is 0 Å². The lowest BCUT2D eigenvalue weighted by Gasteiger charge is -2.51. The third kappa shape index (κ3) is 12.7. The van der Waals surface area contributed by atoms with Gasteiger partial charge in [-0.2, -0.15) is 0 Å². The predicted octanol–water partition coefficient (Wildman–Crippen LogP) is 11.4. The van der Waals surface area contributed by atoms with Crippen molar-refractivity contribution in [1.82, 2.24) is 4.98 Å². The van der Waals surface area contributed by atoms with Crippen LogP contribution in [0.1, 0.15) is 39.7 Å². The highest BCUT2D eigenvalue weighted by atomic mass is 32.2. The molecule has 8 aromatic rings. The number of hydrogen-bond acceptors (Lipinski definition) is 13. The van der Waals surface area contributed by atoms with Gasteiger partial charge in [-0.1, -0.05) is 194 Å². The van der Waals surface area contributed by atoms with Crippen molar-refractivity contribution in [2.45, 2.75) is 105 Å². The maximum absolute atomic E-state index is 7.61.